The van der Waals surface area contributed by atoms with Crippen LogP contribution in [0.25, 0.3) is 0 Å². The highest BCUT2D eigenvalue weighted by Gasteiger charge is 2.23. The molecule has 1 aromatic rings. The van der Waals surface area contributed by atoms with Gasteiger partial charge in [0.15, 0.2) is 0 Å². The minimum absolute atomic E-state index is 0.0213. The lowest BCUT2D eigenvalue weighted by molar-refractivity contribution is 0.0556. The molecule has 5 heteroatoms. The SMILES string of the molecule is COC(=O)c1cc(Cl)ccc1OC1CCC(O)CC1. The van der Waals surface area contributed by atoms with Crippen molar-refractivity contribution in [1.29, 1.82) is 0 Å². The van der Waals surface area contributed by atoms with Crippen molar-refractivity contribution < 1.29 is 19.4 Å². The maximum Gasteiger partial charge on any atom is 0.341 e. The summed E-state index contributed by atoms with van der Waals surface area (Å²) in [4.78, 5) is 11.7. The normalized spacial score (nSPS) is 22.9. The van der Waals surface area contributed by atoms with Gasteiger partial charge in [-0.1, -0.05) is 11.6 Å². The first-order valence-corrected chi connectivity index (χ1v) is 6.70. The van der Waals surface area contributed by atoms with Gasteiger partial charge in [0.25, 0.3) is 0 Å². The summed E-state index contributed by atoms with van der Waals surface area (Å²) in [5.74, 6) is 0.0194. The van der Waals surface area contributed by atoms with Gasteiger partial charge in [-0.05, 0) is 43.9 Å². The number of methoxy groups -OCH3 is 1. The lowest BCUT2D eigenvalue weighted by atomic mass is 9.95. The smallest absolute Gasteiger partial charge is 0.341 e. The highest BCUT2D eigenvalue weighted by atomic mass is 35.5. The second-order valence-corrected chi connectivity index (χ2v) is 5.12. The summed E-state index contributed by atoms with van der Waals surface area (Å²) in [6.07, 6.45) is 2.81. The van der Waals surface area contributed by atoms with E-state index in [2.05, 4.69) is 0 Å². The monoisotopic (exact) mass is 284 g/mol. The van der Waals surface area contributed by atoms with Crippen molar-refractivity contribution >= 4 is 17.6 Å². The second-order valence-electron chi connectivity index (χ2n) is 4.68. The zero-order valence-corrected chi connectivity index (χ0v) is 11.5. The second kappa shape index (κ2) is 6.26. The van der Waals surface area contributed by atoms with Crippen LogP contribution >= 0.6 is 11.6 Å². The van der Waals surface area contributed by atoms with Gasteiger partial charge in [0, 0.05) is 5.02 Å². The fraction of sp³-hybridized carbons (Fsp3) is 0.500. The van der Waals surface area contributed by atoms with Gasteiger partial charge in [0.2, 0.25) is 0 Å². The Morgan fingerprint density at radius 1 is 1.32 bits per heavy atom. The minimum atomic E-state index is -0.464. The Hall–Kier alpha value is -1.26. The minimum Gasteiger partial charge on any atom is -0.490 e. The number of aliphatic hydroxyl groups excluding tert-OH is 1. The highest BCUT2D eigenvalue weighted by molar-refractivity contribution is 6.31. The fourth-order valence-electron chi connectivity index (χ4n) is 2.22. The molecule has 1 saturated carbocycles. The van der Waals surface area contributed by atoms with Gasteiger partial charge in [-0.15, -0.1) is 0 Å². The summed E-state index contributed by atoms with van der Waals surface area (Å²) in [5.41, 5.74) is 0.334. The standard InChI is InChI=1S/C14H17ClO4/c1-18-14(17)12-8-9(15)2-7-13(12)19-11-5-3-10(16)4-6-11/h2,7-8,10-11,16H,3-6H2,1H3. The quantitative estimate of drug-likeness (QED) is 0.867. The van der Waals surface area contributed by atoms with Gasteiger partial charge in [-0.3, -0.25) is 0 Å². The number of rotatable bonds is 3. The molecule has 1 aromatic carbocycles. The van der Waals surface area contributed by atoms with E-state index in [9.17, 15) is 9.90 Å². The summed E-state index contributed by atoms with van der Waals surface area (Å²) in [7, 11) is 1.32. The average Bonchev–Trinajstić information content (AvgIpc) is 2.42. The zero-order valence-electron chi connectivity index (χ0n) is 10.8. The Labute approximate surface area is 117 Å². The maximum absolute atomic E-state index is 11.7. The highest BCUT2D eigenvalue weighted by Crippen LogP contribution is 2.28. The zero-order chi connectivity index (χ0) is 13.8. The molecule has 1 aliphatic carbocycles. The van der Waals surface area contributed by atoms with Crippen LogP contribution in [0.15, 0.2) is 18.2 Å². The van der Waals surface area contributed by atoms with Crippen LogP contribution in [0, 0.1) is 0 Å². The Bertz CT molecular complexity index is 453. The van der Waals surface area contributed by atoms with E-state index in [-0.39, 0.29) is 12.2 Å². The van der Waals surface area contributed by atoms with E-state index < -0.39 is 5.97 Å². The van der Waals surface area contributed by atoms with Crippen LogP contribution in [-0.2, 0) is 4.74 Å². The lowest BCUT2D eigenvalue weighted by Gasteiger charge is -2.26. The van der Waals surface area contributed by atoms with E-state index in [1.165, 1.54) is 7.11 Å². The van der Waals surface area contributed by atoms with Crippen molar-refractivity contribution in [2.45, 2.75) is 37.9 Å². The molecule has 19 heavy (non-hydrogen) atoms. The third-order valence-corrected chi connectivity index (χ3v) is 3.52. The van der Waals surface area contributed by atoms with Gasteiger partial charge in [-0.2, -0.15) is 0 Å². The molecule has 0 bridgehead atoms. The number of carbonyl (C=O) groups is 1. The van der Waals surface area contributed by atoms with Crippen LogP contribution < -0.4 is 4.74 Å². The molecule has 0 aromatic heterocycles. The van der Waals surface area contributed by atoms with Crippen LogP contribution in [0.3, 0.4) is 0 Å². The molecule has 0 radical (unpaired) electrons. The van der Waals surface area contributed by atoms with Crippen LogP contribution in [0.1, 0.15) is 36.0 Å². The number of esters is 1. The van der Waals surface area contributed by atoms with Crippen molar-refractivity contribution in [2.24, 2.45) is 0 Å². The third-order valence-electron chi connectivity index (χ3n) is 3.28. The Morgan fingerprint density at radius 2 is 2.00 bits per heavy atom. The Morgan fingerprint density at radius 3 is 2.63 bits per heavy atom. The molecule has 1 fully saturated rings. The van der Waals surface area contributed by atoms with Gasteiger partial charge < -0.3 is 14.6 Å². The van der Waals surface area contributed by atoms with Crippen molar-refractivity contribution in [3.8, 4) is 5.75 Å². The Kier molecular flexibility index (Phi) is 4.66. The molecule has 0 spiro atoms. The van der Waals surface area contributed by atoms with Crippen molar-refractivity contribution in [2.75, 3.05) is 7.11 Å². The third kappa shape index (κ3) is 3.61. The van der Waals surface area contributed by atoms with Gasteiger partial charge >= 0.3 is 5.97 Å². The number of carbonyl (C=O) groups excluding carboxylic acids is 1. The predicted octanol–water partition coefficient (Wildman–Crippen LogP) is 2.81. The summed E-state index contributed by atoms with van der Waals surface area (Å²) in [6.45, 7) is 0. The number of ether oxygens (including phenoxy) is 2. The first kappa shape index (κ1) is 14.2. The Balaban J connectivity index is 2.13. The lowest BCUT2D eigenvalue weighted by Crippen LogP contribution is -2.27. The molecule has 104 valence electrons. The van der Waals surface area contributed by atoms with Crippen LogP contribution in [0.5, 0.6) is 5.75 Å². The fourth-order valence-corrected chi connectivity index (χ4v) is 2.39. The molecule has 1 N–H and O–H groups in total. The summed E-state index contributed by atoms with van der Waals surface area (Å²) in [5, 5.41) is 9.93. The largest absolute Gasteiger partial charge is 0.490 e. The topological polar surface area (TPSA) is 55.8 Å². The summed E-state index contributed by atoms with van der Waals surface area (Å²) in [6, 6.07) is 4.90. The number of aliphatic hydroxyl groups is 1. The van der Waals surface area contributed by atoms with Crippen molar-refractivity contribution in [3.05, 3.63) is 28.8 Å². The molecule has 1 aliphatic rings. The van der Waals surface area contributed by atoms with Gasteiger partial charge in [0.05, 0.1) is 19.3 Å². The van der Waals surface area contributed by atoms with Crippen LogP contribution in [0.4, 0.5) is 0 Å². The van der Waals surface area contributed by atoms with E-state index in [1.54, 1.807) is 18.2 Å². The molecule has 0 aliphatic heterocycles. The molecular weight excluding hydrogens is 268 g/mol. The van der Waals surface area contributed by atoms with E-state index in [0.29, 0.717) is 16.3 Å². The molecule has 0 saturated heterocycles. The maximum atomic E-state index is 11.7. The van der Waals surface area contributed by atoms with Gasteiger partial charge in [-0.25, -0.2) is 4.79 Å². The van der Waals surface area contributed by atoms with E-state index >= 15 is 0 Å². The van der Waals surface area contributed by atoms with E-state index in [4.69, 9.17) is 21.1 Å². The first-order chi connectivity index (χ1) is 9.10. The average molecular weight is 285 g/mol. The van der Waals surface area contributed by atoms with Crippen molar-refractivity contribution in [1.82, 2.24) is 0 Å². The van der Waals surface area contributed by atoms with Gasteiger partial charge in [0.1, 0.15) is 11.3 Å². The molecule has 0 heterocycles. The summed E-state index contributed by atoms with van der Waals surface area (Å²) < 4.78 is 10.6. The molecule has 0 atom stereocenters. The molecule has 4 nitrogen and oxygen atoms in total. The number of hydrogen-bond donors (Lipinski definition) is 1. The van der Waals surface area contributed by atoms with E-state index in [0.717, 1.165) is 25.7 Å². The van der Waals surface area contributed by atoms with E-state index in [1.807, 2.05) is 0 Å². The predicted molar refractivity (Wildman–Crippen MR) is 71.7 cm³/mol. The van der Waals surface area contributed by atoms with Crippen molar-refractivity contribution in [3.63, 3.8) is 0 Å². The molecule has 0 amide bonds. The number of benzene rings is 1. The molecule has 2 rings (SSSR count). The molecular formula is C14H17ClO4. The first-order valence-electron chi connectivity index (χ1n) is 6.32. The number of halogens is 1. The van der Waals surface area contributed by atoms with Crippen LogP contribution in [-0.4, -0.2) is 30.4 Å². The summed E-state index contributed by atoms with van der Waals surface area (Å²) >= 11 is 5.88. The molecule has 0 unspecified atom stereocenters. The number of hydrogen-bond acceptors (Lipinski definition) is 4. The van der Waals surface area contributed by atoms with Crippen LogP contribution in [0.2, 0.25) is 5.02 Å².